The molecule has 7 nitrogen and oxygen atoms in total. The molecule has 0 aromatic carbocycles. The summed E-state index contributed by atoms with van der Waals surface area (Å²) < 4.78 is 5.13. The Kier molecular flexibility index (Phi) is 4.11. The minimum atomic E-state index is -0.566. The van der Waals surface area contributed by atoms with Crippen molar-refractivity contribution in [1.29, 1.82) is 0 Å². The number of aromatic nitrogens is 4. The summed E-state index contributed by atoms with van der Waals surface area (Å²) in [7, 11) is 0. The fourth-order valence-electron chi connectivity index (χ4n) is 1.47. The molecule has 0 aliphatic heterocycles. The number of ether oxygens (including phenoxy) is 1. The summed E-state index contributed by atoms with van der Waals surface area (Å²) in [5, 5.41) is 2.52. The van der Waals surface area contributed by atoms with E-state index in [1.807, 2.05) is 6.92 Å². The molecule has 2 aromatic rings. The van der Waals surface area contributed by atoms with E-state index in [1.54, 1.807) is 39.4 Å². The van der Waals surface area contributed by atoms with Crippen LogP contribution < -0.4 is 5.32 Å². The minimum absolute atomic E-state index is 0.320. The molecule has 0 aliphatic carbocycles. The van der Waals surface area contributed by atoms with E-state index in [0.29, 0.717) is 17.3 Å². The Morgan fingerprint density at radius 3 is 2.24 bits per heavy atom. The summed E-state index contributed by atoms with van der Waals surface area (Å²) in [5.41, 5.74) is 0.832. The van der Waals surface area contributed by atoms with Crippen molar-refractivity contribution in [1.82, 2.24) is 19.9 Å². The van der Waals surface area contributed by atoms with Crippen molar-refractivity contribution in [3.8, 4) is 11.3 Å². The molecule has 0 atom stereocenters. The number of amides is 1. The van der Waals surface area contributed by atoms with E-state index < -0.39 is 11.7 Å². The Hall–Kier alpha value is -2.57. The standard InChI is InChI=1S/C14H17N5O2/c1-9-15-5-10(6-16-9)11-7-18-12(8-17-11)19-13(20)21-14(2,3)4/h5-8H,1-4H3,(H,18,19,20). The number of hydrogen-bond acceptors (Lipinski definition) is 6. The van der Waals surface area contributed by atoms with Gasteiger partial charge in [0.05, 0.1) is 18.1 Å². The Balaban J connectivity index is 2.05. The largest absolute Gasteiger partial charge is 0.444 e. The van der Waals surface area contributed by atoms with Gasteiger partial charge in [-0.3, -0.25) is 10.3 Å². The predicted octanol–water partition coefficient (Wildman–Crippen LogP) is 2.59. The molecule has 2 aromatic heterocycles. The van der Waals surface area contributed by atoms with Gasteiger partial charge in [0.2, 0.25) is 0 Å². The summed E-state index contributed by atoms with van der Waals surface area (Å²) in [4.78, 5) is 28.1. The van der Waals surface area contributed by atoms with Gasteiger partial charge in [-0.25, -0.2) is 19.7 Å². The van der Waals surface area contributed by atoms with Crippen molar-refractivity contribution < 1.29 is 9.53 Å². The molecule has 0 saturated carbocycles. The van der Waals surface area contributed by atoms with Crippen LogP contribution in [-0.2, 0) is 4.74 Å². The number of aryl methyl sites for hydroxylation is 1. The summed E-state index contributed by atoms with van der Waals surface area (Å²) in [6.07, 6.45) is 5.78. The third kappa shape index (κ3) is 4.48. The van der Waals surface area contributed by atoms with Gasteiger partial charge in [-0.15, -0.1) is 0 Å². The SMILES string of the molecule is Cc1ncc(-c2cnc(NC(=O)OC(C)(C)C)cn2)cn1. The highest BCUT2D eigenvalue weighted by atomic mass is 16.6. The average Bonchev–Trinajstić information content (AvgIpc) is 2.38. The number of nitrogens with one attached hydrogen (secondary N) is 1. The van der Waals surface area contributed by atoms with E-state index in [0.717, 1.165) is 5.56 Å². The molecule has 2 heterocycles. The number of nitrogens with zero attached hydrogens (tertiary/aromatic N) is 4. The highest BCUT2D eigenvalue weighted by molar-refractivity contribution is 5.83. The number of hydrogen-bond donors (Lipinski definition) is 1. The maximum Gasteiger partial charge on any atom is 0.413 e. The van der Waals surface area contributed by atoms with E-state index in [1.165, 1.54) is 6.20 Å². The van der Waals surface area contributed by atoms with Gasteiger partial charge in [-0.1, -0.05) is 0 Å². The zero-order chi connectivity index (χ0) is 15.5. The maximum absolute atomic E-state index is 11.6. The molecular weight excluding hydrogens is 270 g/mol. The molecule has 0 saturated heterocycles. The second-order valence-corrected chi connectivity index (χ2v) is 5.43. The molecule has 7 heteroatoms. The molecule has 0 fully saturated rings. The van der Waals surface area contributed by atoms with Gasteiger partial charge in [0, 0.05) is 18.0 Å². The first-order valence-electron chi connectivity index (χ1n) is 6.44. The summed E-state index contributed by atoms with van der Waals surface area (Å²) in [6.45, 7) is 7.18. The van der Waals surface area contributed by atoms with E-state index in [2.05, 4.69) is 25.3 Å². The Labute approximate surface area is 122 Å². The molecule has 1 amide bonds. The third-order valence-electron chi connectivity index (χ3n) is 2.36. The van der Waals surface area contributed by atoms with Crippen molar-refractivity contribution in [2.45, 2.75) is 33.3 Å². The van der Waals surface area contributed by atoms with E-state index in [4.69, 9.17) is 4.74 Å². The van der Waals surface area contributed by atoms with Crippen LogP contribution in [0.2, 0.25) is 0 Å². The molecule has 0 unspecified atom stereocenters. The minimum Gasteiger partial charge on any atom is -0.444 e. The number of carbonyl (C=O) groups excluding carboxylic acids is 1. The first-order chi connectivity index (χ1) is 9.83. The Morgan fingerprint density at radius 1 is 1.05 bits per heavy atom. The first-order valence-corrected chi connectivity index (χ1v) is 6.44. The van der Waals surface area contributed by atoms with Crippen LogP contribution in [0.4, 0.5) is 10.6 Å². The van der Waals surface area contributed by atoms with Crippen molar-refractivity contribution >= 4 is 11.9 Å². The van der Waals surface area contributed by atoms with Crippen LogP contribution >= 0.6 is 0 Å². The fraction of sp³-hybridized carbons (Fsp3) is 0.357. The van der Waals surface area contributed by atoms with Crippen LogP contribution in [0, 0.1) is 6.92 Å². The topological polar surface area (TPSA) is 89.9 Å². The van der Waals surface area contributed by atoms with Crippen LogP contribution in [0.3, 0.4) is 0 Å². The third-order valence-corrected chi connectivity index (χ3v) is 2.36. The van der Waals surface area contributed by atoms with Gasteiger partial charge >= 0.3 is 6.09 Å². The fourth-order valence-corrected chi connectivity index (χ4v) is 1.47. The van der Waals surface area contributed by atoms with Crippen molar-refractivity contribution in [3.05, 3.63) is 30.6 Å². The summed E-state index contributed by atoms with van der Waals surface area (Å²) in [5.74, 6) is 1.01. The smallest absolute Gasteiger partial charge is 0.413 e. The normalized spacial score (nSPS) is 11.0. The highest BCUT2D eigenvalue weighted by Crippen LogP contribution is 2.15. The second kappa shape index (κ2) is 5.82. The molecule has 110 valence electrons. The molecule has 2 rings (SSSR count). The van der Waals surface area contributed by atoms with E-state index >= 15 is 0 Å². The highest BCUT2D eigenvalue weighted by Gasteiger charge is 2.16. The first kappa shape index (κ1) is 14.8. The molecule has 0 radical (unpaired) electrons. The Morgan fingerprint density at radius 2 is 1.71 bits per heavy atom. The molecule has 0 aliphatic rings. The Bertz CT molecular complexity index is 617. The summed E-state index contributed by atoms with van der Waals surface area (Å²) >= 11 is 0. The molecule has 0 spiro atoms. The van der Waals surface area contributed by atoms with Crippen LogP contribution in [0.1, 0.15) is 26.6 Å². The molecular formula is C14H17N5O2. The van der Waals surface area contributed by atoms with E-state index in [-0.39, 0.29) is 0 Å². The maximum atomic E-state index is 11.6. The van der Waals surface area contributed by atoms with Crippen LogP contribution in [0.15, 0.2) is 24.8 Å². The average molecular weight is 287 g/mol. The number of rotatable bonds is 2. The molecule has 21 heavy (non-hydrogen) atoms. The van der Waals surface area contributed by atoms with Gasteiger partial charge in [0.1, 0.15) is 11.4 Å². The molecule has 0 bridgehead atoms. The van der Waals surface area contributed by atoms with Crippen molar-refractivity contribution in [2.24, 2.45) is 0 Å². The van der Waals surface area contributed by atoms with Crippen LogP contribution in [0.5, 0.6) is 0 Å². The number of carbonyl (C=O) groups is 1. The van der Waals surface area contributed by atoms with Gasteiger partial charge in [-0.2, -0.15) is 0 Å². The lowest BCUT2D eigenvalue weighted by atomic mass is 10.2. The molecule has 1 N–H and O–H groups in total. The lowest BCUT2D eigenvalue weighted by Gasteiger charge is -2.19. The van der Waals surface area contributed by atoms with Crippen molar-refractivity contribution in [2.75, 3.05) is 5.32 Å². The zero-order valence-electron chi connectivity index (χ0n) is 12.4. The van der Waals surface area contributed by atoms with E-state index in [9.17, 15) is 4.79 Å². The lowest BCUT2D eigenvalue weighted by molar-refractivity contribution is 0.0635. The monoisotopic (exact) mass is 287 g/mol. The lowest BCUT2D eigenvalue weighted by Crippen LogP contribution is -2.27. The predicted molar refractivity (Wildman–Crippen MR) is 77.7 cm³/mol. The second-order valence-electron chi connectivity index (χ2n) is 5.43. The number of anilines is 1. The van der Waals surface area contributed by atoms with Crippen LogP contribution in [-0.4, -0.2) is 31.6 Å². The summed E-state index contributed by atoms with van der Waals surface area (Å²) in [6, 6.07) is 0. The quantitative estimate of drug-likeness (QED) is 0.913. The van der Waals surface area contributed by atoms with Gasteiger partial charge in [-0.05, 0) is 27.7 Å². The zero-order valence-corrected chi connectivity index (χ0v) is 12.4. The van der Waals surface area contributed by atoms with Crippen LogP contribution in [0.25, 0.3) is 11.3 Å². The van der Waals surface area contributed by atoms with Gasteiger partial charge in [0.25, 0.3) is 0 Å². The van der Waals surface area contributed by atoms with Gasteiger partial charge < -0.3 is 4.74 Å². The van der Waals surface area contributed by atoms with Gasteiger partial charge in [0.15, 0.2) is 5.82 Å². The van der Waals surface area contributed by atoms with Crippen molar-refractivity contribution in [3.63, 3.8) is 0 Å².